The van der Waals surface area contributed by atoms with Gasteiger partial charge < -0.3 is 0 Å². The van der Waals surface area contributed by atoms with E-state index in [-0.39, 0.29) is 10.7 Å². The summed E-state index contributed by atoms with van der Waals surface area (Å²) in [6.07, 6.45) is 1.39. The van der Waals surface area contributed by atoms with E-state index >= 15 is 0 Å². The lowest BCUT2D eigenvalue weighted by molar-refractivity contribution is 0.602. The van der Waals surface area contributed by atoms with Crippen LogP contribution < -0.4 is 4.72 Å². The summed E-state index contributed by atoms with van der Waals surface area (Å²) in [7, 11) is -3.79. The lowest BCUT2D eigenvalue weighted by Crippen LogP contribution is -2.14. The van der Waals surface area contributed by atoms with Crippen molar-refractivity contribution in [1.29, 1.82) is 5.26 Å². The fraction of sp³-hybridized carbons (Fsp3) is 0. The number of hydrogen-bond acceptors (Lipinski definition) is 4. The highest BCUT2D eigenvalue weighted by Gasteiger charge is 2.17. The van der Waals surface area contributed by atoms with Crippen LogP contribution >= 0.6 is 0 Å². The second-order valence-electron chi connectivity index (χ2n) is 4.62. The smallest absolute Gasteiger partial charge is 0.263 e. The molecule has 1 heterocycles. The van der Waals surface area contributed by atoms with E-state index in [2.05, 4.69) is 9.71 Å². The second kappa shape index (κ2) is 5.47. The van der Waals surface area contributed by atoms with Gasteiger partial charge in [0, 0.05) is 11.6 Å². The van der Waals surface area contributed by atoms with Crippen molar-refractivity contribution in [2.24, 2.45) is 0 Å². The van der Waals surface area contributed by atoms with E-state index < -0.39 is 10.0 Å². The van der Waals surface area contributed by atoms with Crippen LogP contribution in [0, 0.1) is 11.3 Å². The Morgan fingerprint density at radius 3 is 2.64 bits per heavy atom. The van der Waals surface area contributed by atoms with Gasteiger partial charge in [-0.15, -0.1) is 0 Å². The molecule has 3 rings (SSSR count). The molecule has 0 atom stereocenters. The summed E-state index contributed by atoms with van der Waals surface area (Å²) in [5.41, 5.74) is 0.339. The molecule has 0 saturated carbocycles. The number of hydrogen-bond donors (Lipinski definition) is 1. The maximum atomic E-state index is 12.6. The van der Waals surface area contributed by atoms with E-state index in [9.17, 15) is 8.42 Å². The van der Waals surface area contributed by atoms with E-state index in [0.717, 1.165) is 5.39 Å². The van der Waals surface area contributed by atoms with Crippen molar-refractivity contribution in [3.05, 3.63) is 66.4 Å². The van der Waals surface area contributed by atoms with Gasteiger partial charge >= 0.3 is 0 Å². The fourth-order valence-corrected chi connectivity index (χ4v) is 3.41. The first kappa shape index (κ1) is 14.0. The summed E-state index contributed by atoms with van der Waals surface area (Å²) in [5.74, 6) is 0.118. The Morgan fingerprint density at radius 1 is 1.05 bits per heavy atom. The second-order valence-corrected chi connectivity index (χ2v) is 6.28. The molecular weight excluding hydrogens is 298 g/mol. The zero-order valence-corrected chi connectivity index (χ0v) is 12.2. The molecular formula is C16H11N3O2S. The molecule has 0 radical (unpaired) electrons. The molecule has 3 aromatic rings. The number of anilines is 1. The normalized spacial score (nSPS) is 11.0. The van der Waals surface area contributed by atoms with Crippen LogP contribution in [-0.4, -0.2) is 13.4 Å². The van der Waals surface area contributed by atoms with Crippen molar-refractivity contribution < 1.29 is 8.42 Å². The first-order chi connectivity index (χ1) is 10.6. The molecule has 1 aromatic heterocycles. The van der Waals surface area contributed by atoms with Crippen LogP contribution in [0.5, 0.6) is 0 Å². The number of sulfonamides is 1. The summed E-state index contributed by atoms with van der Waals surface area (Å²) >= 11 is 0. The zero-order valence-electron chi connectivity index (χ0n) is 11.4. The molecule has 5 nitrogen and oxygen atoms in total. The fourth-order valence-electron chi connectivity index (χ4n) is 2.18. The number of nitriles is 1. The largest absolute Gasteiger partial charge is 0.263 e. The van der Waals surface area contributed by atoms with Gasteiger partial charge in [-0.2, -0.15) is 5.26 Å². The summed E-state index contributed by atoms with van der Waals surface area (Å²) in [5, 5.41) is 10.3. The zero-order chi connectivity index (χ0) is 15.6. The summed E-state index contributed by atoms with van der Waals surface area (Å²) in [6, 6.07) is 17.2. The summed E-state index contributed by atoms with van der Waals surface area (Å²) in [6.45, 7) is 0. The van der Waals surface area contributed by atoms with Crippen molar-refractivity contribution in [2.75, 3.05) is 4.72 Å². The molecule has 108 valence electrons. The van der Waals surface area contributed by atoms with Gasteiger partial charge in [-0.25, -0.2) is 13.4 Å². The molecule has 0 unspecified atom stereocenters. The summed E-state index contributed by atoms with van der Waals surface area (Å²) in [4.78, 5) is 4.11. The van der Waals surface area contributed by atoms with Crippen LogP contribution in [0.25, 0.3) is 10.8 Å². The average Bonchev–Trinajstić information content (AvgIpc) is 2.54. The van der Waals surface area contributed by atoms with Crippen molar-refractivity contribution in [2.45, 2.75) is 4.90 Å². The topological polar surface area (TPSA) is 82.8 Å². The van der Waals surface area contributed by atoms with Crippen LogP contribution in [0.1, 0.15) is 5.56 Å². The molecule has 0 spiro atoms. The Bertz CT molecular complexity index is 986. The van der Waals surface area contributed by atoms with Crippen LogP contribution in [0.15, 0.2) is 65.7 Å². The monoisotopic (exact) mass is 309 g/mol. The Kier molecular flexibility index (Phi) is 3.49. The van der Waals surface area contributed by atoms with E-state index in [0.29, 0.717) is 10.9 Å². The molecule has 0 saturated heterocycles. The molecule has 0 bridgehead atoms. The average molecular weight is 309 g/mol. The number of benzene rings is 2. The molecule has 2 aromatic carbocycles. The predicted octanol–water partition coefficient (Wildman–Crippen LogP) is 2.91. The Balaban J connectivity index is 2.07. The van der Waals surface area contributed by atoms with Crippen molar-refractivity contribution in [1.82, 2.24) is 4.98 Å². The van der Waals surface area contributed by atoms with E-state index in [1.165, 1.54) is 18.3 Å². The van der Waals surface area contributed by atoms with E-state index in [4.69, 9.17) is 5.26 Å². The Morgan fingerprint density at radius 2 is 1.82 bits per heavy atom. The lowest BCUT2D eigenvalue weighted by Gasteiger charge is -2.10. The van der Waals surface area contributed by atoms with Crippen LogP contribution in [-0.2, 0) is 10.0 Å². The van der Waals surface area contributed by atoms with Gasteiger partial charge in [0.2, 0.25) is 0 Å². The van der Waals surface area contributed by atoms with Crippen molar-refractivity contribution in [3.63, 3.8) is 0 Å². The maximum absolute atomic E-state index is 12.6. The number of nitrogens with zero attached hydrogens (tertiary/aromatic N) is 2. The lowest BCUT2D eigenvalue weighted by atomic mass is 10.1. The highest BCUT2D eigenvalue weighted by Crippen LogP contribution is 2.24. The summed E-state index contributed by atoms with van der Waals surface area (Å²) < 4.78 is 27.6. The number of nitrogens with one attached hydrogen (secondary N) is 1. The Labute approximate surface area is 127 Å². The molecule has 22 heavy (non-hydrogen) atoms. The third-order valence-corrected chi connectivity index (χ3v) is 4.58. The Hall–Kier alpha value is -2.91. The highest BCUT2D eigenvalue weighted by atomic mass is 32.2. The van der Waals surface area contributed by atoms with Gasteiger partial charge in [0.05, 0.1) is 16.5 Å². The molecule has 0 aliphatic heterocycles. The molecule has 0 aliphatic rings. The van der Waals surface area contributed by atoms with Crippen molar-refractivity contribution in [3.8, 4) is 6.07 Å². The van der Waals surface area contributed by atoms with Crippen molar-refractivity contribution >= 4 is 26.6 Å². The maximum Gasteiger partial charge on any atom is 0.263 e. The van der Waals surface area contributed by atoms with Gasteiger partial charge in [-0.3, -0.25) is 4.72 Å². The third kappa shape index (κ3) is 2.62. The number of rotatable bonds is 3. The SMILES string of the molecule is N#Cc1ccnc(NS(=O)(=O)c2cccc3ccccc23)c1. The van der Waals surface area contributed by atoms with E-state index in [1.807, 2.05) is 24.3 Å². The molecule has 0 fully saturated rings. The van der Waals surface area contributed by atoms with Crippen LogP contribution in [0.3, 0.4) is 0 Å². The number of fused-ring (bicyclic) bond motifs is 1. The predicted molar refractivity (Wildman–Crippen MR) is 83.7 cm³/mol. The van der Waals surface area contributed by atoms with E-state index in [1.54, 1.807) is 24.3 Å². The van der Waals surface area contributed by atoms with Gasteiger partial charge in [0.25, 0.3) is 10.0 Å². The van der Waals surface area contributed by atoms with Gasteiger partial charge in [-0.05, 0) is 23.6 Å². The molecule has 0 aliphatic carbocycles. The van der Waals surface area contributed by atoms with Gasteiger partial charge in [-0.1, -0.05) is 36.4 Å². The molecule has 6 heteroatoms. The van der Waals surface area contributed by atoms with Crippen LogP contribution in [0.2, 0.25) is 0 Å². The molecule has 0 amide bonds. The standard InChI is InChI=1S/C16H11N3O2S/c17-11-12-8-9-18-16(10-12)19-22(20,21)15-7-3-5-13-4-1-2-6-14(13)15/h1-10H,(H,18,19). The van der Waals surface area contributed by atoms with Crippen LogP contribution in [0.4, 0.5) is 5.82 Å². The first-order valence-electron chi connectivity index (χ1n) is 6.47. The number of aromatic nitrogens is 1. The minimum absolute atomic E-state index is 0.118. The third-order valence-electron chi connectivity index (χ3n) is 3.17. The molecule has 1 N–H and O–H groups in total. The minimum Gasteiger partial charge on any atom is -0.263 e. The quantitative estimate of drug-likeness (QED) is 0.806. The van der Waals surface area contributed by atoms with Gasteiger partial charge in [0.1, 0.15) is 5.82 Å². The first-order valence-corrected chi connectivity index (χ1v) is 7.95. The minimum atomic E-state index is -3.79. The number of pyridine rings is 1. The van der Waals surface area contributed by atoms with Gasteiger partial charge in [0.15, 0.2) is 0 Å². The highest BCUT2D eigenvalue weighted by molar-refractivity contribution is 7.93.